The average Bonchev–Trinajstić information content (AvgIpc) is 2.42. The Labute approximate surface area is 137 Å². The minimum Gasteiger partial charge on any atom is -0.353 e. The number of hydrogen-bond acceptors (Lipinski definition) is 2. The molecule has 0 aliphatic heterocycles. The molecule has 0 saturated heterocycles. The Balaban J connectivity index is 1.66. The van der Waals surface area contributed by atoms with Gasteiger partial charge in [0, 0.05) is 16.8 Å². The van der Waals surface area contributed by atoms with Gasteiger partial charge >= 0.3 is 0 Å². The molecule has 0 atom stereocenters. The molecule has 0 unspecified atom stereocenters. The minimum absolute atomic E-state index is 0.174. The van der Waals surface area contributed by atoms with Gasteiger partial charge in [-0.25, -0.2) is 0 Å². The summed E-state index contributed by atoms with van der Waals surface area (Å²) in [5.41, 5.74) is 1.17. The van der Waals surface area contributed by atoms with E-state index in [0.717, 1.165) is 23.6 Å². The molecule has 1 amide bonds. The predicted octanol–water partition coefficient (Wildman–Crippen LogP) is 4.80. The first kappa shape index (κ1) is 16.7. The summed E-state index contributed by atoms with van der Waals surface area (Å²) < 4.78 is 0. The van der Waals surface area contributed by atoms with Crippen LogP contribution in [-0.2, 0) is 10.5 Å². The van der Waals surface area contributed by atoms with Gasteiger partial charge in [0.05, 0.1) is 5.75 Å². The van der Waals surface area contributed by atoms with E-state index in [1.54, 1.807) is 11.8 Å². The first-order valence-corrected chi connectivity index (χ1v) is 9.39. The number of hydrogen-bond donors (Lipinski definition) is 1. The molecule has 1 aromatic carbocycles. The van der Waals surface area contributed by atoms with Crippen LogP contribution in [0.4, 0.5) is 0 Å². The summed E-state index contributed by atoms with van der Waals surface area (Å²) in [5, 5.41) is 3.95. The fourth-order valence-electron chi connectivity index (χ4n) is 2.76. The number of carbonyl (C=O) groups is 1. The van der Waals surface area contributed by atoms with Crippen LogP contribution in [0, 0.1) is 0 Å². The third-order valence-corrected chi connectivity index (χ3v) is 5.10. The van der Waals surface area contributed by atoms with Crippen molar-refractivity contribution in [2.24, 2.45) is 0 Å². The summed E-state index contributed by atoms with van der Waals surface area (Å²) >= 11 is 7.61. The number of nitrogens with one attached hydrogen (secondary N) is 1. The maximum atomic E-state index is 12.0. The van der Waals surface area contributed by atoms with Gasteiger partial charge < -0.3 is 5.32 Å². The molecule has 2 rings (SSSR count). The van der Waals surface area contributed by atoms with Crippen LogP contribution in [0.2, 0.25) is 5.02 Å². The van der Waals surface area contributed by atoms with E-state index in [4.69, 9.17) is 11.6 Å². The summed E-state index contributed by atoms with van der Waals surface area (Å²) in [7, 11) is 0. The first-order valence-electron chi connectivity index (χ1n) is 7.85. The van der Waals surface area contributed by atoms with E-state index in [2.05, 4.69) is 5.32 Å². The number of benzene rings is 1. The predicted molar refractivity (Wildman–Crippen MR) is 91.9 cm³/mol. The molecule has 1 aromatic rings. The lowest BCUT2D eigenvalue weighted by molar-refractivity contribution is -0.119. The Morgan fingerprint density at radius 1 is 1.19 bits per heavy atom. The Hall–Kier alpha value is -0.670. The smallest absolute Gasteiger partial charge is 0.230 e. The third kappa shape index (κ3) is 6.75. The van der Waals surface area contributed by atoms with Crippen molar-refractivity contribution in [3.05, 3.63) is 34.9 Å². The number of thioether (sulfide) groups is 1. The summed E-state index contributed by atoms with van der Waals surface area (Å²) in [5.74, 6) is 1.54. The third-order valence-electron chi connectivity index (χ3n) is 3.86. The van der Waals surface area contributed by atoms with E-state index < -0.39 is 0 Å². The molecule has 0 bridgehead atoms. The van der Waals surface area contributed by atoms with E-state index >= 15 is 0 Å². The molecule has 2 nitrogen and oxygen atoms in total. The van der Waals surface area contributed by atoms with Crippen LogP contribution in [0.1, 0.15) is 50.5 Å². The Bertz CT molecular complexity index is 444. The van der Waals surface area contributed by atoms with Gasteiger partial charge in [0.25, 0.3) is 0 Å². The number of amides is 1. The van der Waals surface area contributed by atoms with Gasteiger partial charge in [0.1, 0.15) is 0 Å². The van der Waals surface area contributed by atoms with Gasteiger partial charge in [-0.2, -0.15) is 0 Å². The largest absolute Gasteiger partial charge is 0.353 e. The fourth-order valence-corrected chi connectivity index (χ4v) is 3.76. The van der Waals surface area contributed by atoms with Crippen molar-refractivity contribution in [2.45, 2.75) is 56.7 Å². The van der Waals surface area contributed by atoms with Crippen molar-refractivity contribution in [3.8, 4) is 0 Å². The molecule has 1 aliphatic rings. The lowest BCUT2D eigenvalue weighted by Crippen LogP contribution is -2.36. The average molecular weight is 326 g/mol. The molecule has 21 heavy (non-hydrogen) atoms. The van der Waals surface area contributed by atoms with E-state index in [1.807, 2.05) is 24.3 Å². The second-order valence-electron chi connectivity index (χ2n) is 5.73. The van der Waals surface area contributed by atoms with Crippen LogP contribution in [0.3, 0.4) is 0 Å². The fraction of sp³-hybridized carbons (Fsp3) is 0.588. The highest BCUT2D eigenvalue weighted by molar-refractivity contribution is 7.99. The minimum atomic E-state index is 0.174. The van der Waals surface area contributed by atoms with Crippen LogP contribution in [0.5, 0.6) is 0 Å². The second kappa shape index (κ2) is 9.37. The van der Waals surface area contributed by atoms with Crippen molar-refractivity contribution in [3.63, 3.8) is 0 Å². The molecule has 1 saturated carbocycles. The van der Waals surface area contributed by atoms with E-state index in [9.17, 15) is 4.79 Å². The van der Waals surface area contributed by atoms with Gasteiger partial charge in [-0.15, -0.1) is 11.8 Å². The normalized spacial score (nSPS) is 17.0. The molecule has 1 N–H and O–H groups in total. The summed E-state index contributed by atoms with van der Waals surface area (Å²) in [4.78, 5) is 12.0. The zero-order valence-corrected chi connectivity index (χ0v) is 14.0. The van der Waals surface area contributed by atoms with Crippen molar-refractivity contribution in [2.75, 3.05) is 5.75 Å². The SMILES string of the molecule is O=C(CSCc1cccc(Cl)c1)NC1CCCCCCC1. The van der Waals surface area contributed by atoms with Crippen molar-refractivity contribution >= 4 is 29.3 Å². The zero-order valence-electron chi connectivity index (χ0n) is 12.4. The van der Waals surface area contributed by atoms with E-state index in [0.29, 0.717) is 11.8 Å². The highest BCUT2D eigenvalue weighted by atomic mass is 35.5. The van der Waals surface area contributed by atoms with E-state index in [1.165, 1.54) is 37.7 Å². The lowest BCUT2D eigenvalue weighted by atomic mass is 9.97. The van der Waals surface area contributed by atoms with Crippen LogP contribution in [-0.4, -0.2) is 17.7 Å². The molecule has 0 radical (unpaired) electrons. The highest BCUT2D eigenvalue weighted by Crippen LogP contribution is 2.18. The van der Waals surface area contributed by atoms with Gasteiger partial charge in [-0.3, -0.25) is 4.79 Å². The molecule has 0 heterocycles. The molecular formula is C17H24ClNOS. The van der Waals surface area contributed by atoms with Crippen molar-refractivity contribution in [1.29, 1.82) is 0 Å². The number of rotatable bonds is 5. The van der Waals surface area contributed by atoms with Crippen LogP contribution in [0.25, 0.3) is 0 Å². The van der Waals surface area contributed by atoms with E-state index in [-0.39, 0.29) is 5.91 Å². The monoisotopic (exact) mass is 325 g/mol. The zero-order chi connectivity index (χ0) is 14.9. The van der Waals surface area contributed by atoms with Crippen molar-refractivity contribution < 1.29 is 4.79 Å². The maximum absolute atomic E-state index is 12.0. The molecule has 4 heteroatoms. The molecule has 0 spiro atoms. The standard InChI is InChI=1S/C17H24ClNOS/c18-15-8-6-7-14(11-15)12-21-13-17(20)19-16-9-4-2-1-3-5-10-16/h6-8,11,16H,1-5,9-10,12-13H2,(H,19,20). The summed E-state index contributed by atoms with van der Waals surface area (Å²) in [6.45, 7) is 0. The van der Waals surface area contributed by atoms with Crippen molar-refractivity contribution in [1.82, 2.24) is 5.32 Å². The second-order valence-corrected chi connectivity index (χ2v) is 7.15. The maximum Gasteiger partial charge on any atom is 0.230 e. The Morgan fingerprint density at radius 2 is 1.90 bits per heavy atom. The van der Waals surface area contributed by atoms with Gasteiger partial charge in [0.15, 0.2) is 0 Å². The molecular weight excluding hydrogens is 302 g/mol. The van der Waals surface area contributed by atoms with Crippen LogP contribution < -0.4 is 5.32 Å². The topological polar surface area (TPSA) is 29.1 Å². The van der Waals surface area contributed by atoms with Crippen LogP contribution >= 0.6 is 23.4 Å². The Kier molecular flexibility index (Phi) is 7.45. The van der Waals surface area contributed by atoms with Gasteiger partial charge in [-0.1, -0.05) is 55.8 Å². The molecule has 1 fully saturated rings. The first-order chi connectivity index (χ1) is 10.2. The Morgan fingerprint density at radius 3 is 2.62 bits per heavy atom. The molecule has 116 valence electrons. The summed E-state index contributed by atoms with van der Waals surface area (Å²) in [6, 6.07) is 8.22. The number of carbonyl (C=O) groups excluding carboxylic acids is 1. The van der Waals surface area contributed by atoms with Crippen LogP contribution in [0.15, 0.2) is 24.3 Å². The van der Waals surface area contributed by atoms with Gasteiger partial charge in [0.2, 0.25) is 5.91 Å². The quantitative estimate of drug-likeness (QED) is 0.842. The number of halogens is 1. The highest BCUT2D eigenvalue weighted by Gasteiger charge is 2.13. The molecule has 1 aliphatic carbocycles. The lowest BCUT2D eigenvalue weighted by Gasteiger charge is -2.20. The molecule has 0 aromatic heterocycles. The van der Waals surface area contributed by atoms with Gasteiger partial charge in [-0.05, 0) is 30.5 Å². The summed E-state index contributed by atoms with van der Waals surface area (Å²) in [6.07, 6.45) is 8.78.